The first-order valence-electron chi connectivity index (χ1n) is 9.56. The minimum absolute atomic E-state index is 0.273. The van der Waals surface area contributed by atoms with E-state index in [4.69, 9.17) is 28.4 Å². The molecule has 1 aliphatic heterocycles. The van der Waals surface area contributed by atoms with Crippen molar-refractivity contribution in [3.8, 4) is 5.75 Å². The first kappa shape index (κ1) is 24.1. The second-order valence-corrected chi connectivity index (χ2v) is 6.89. The molecule has 0 aromatic heterocycles. The van der Waals surface area contributed by atoms with Gasteiger partial charge >= 0.3 is 23.9 Å². The van der Waals surface area contributed by atoms with Gasteiger partial charge in [-0.2, -0.15) is 0 Å². The van der Waals surface area contributed by atoms with E-state index in [0.717, 1.165) is 0 Å². The maximum Gasteiger partial charge on any atom is 0.303 e. The molecule has 1 aromatic rings. The van der Waals surface area contributed by atoms with Gasteiger partial charge in [0.2, 0.25) is 0 Å². The molecule has 0 amide bonds. The van der Waals surface area contributed by atoms with Gasteiger partial charge in [0.15, 0.2) is 18.3 Å². The normalized spacial score (nSPS) is 25.1. The maximum absolute atomic E-state index is 11.8. The van der Waals surface area contributed by atoms with Gasteiger partial charge in [0.05, 0.1) is 7.11 Å². The van der Waals surface area contributed by atoms with E-state index in [1.165, 1.54) is 34.8 Å². The summed E-state index contributed by atoms with van der Waals surface area (Å²) in [4.78, 5) is 46.7. The molecule has 10 heteroatoms. The zero-order chi connectivity index (χ0) is 23.1. The number of carbonyl (C=O) groups is 4. The Kier molecular flexibility index (Phi) is 8.38. The number of hydrogen-bond donors (Lipinski definition) is 0. The average Bonchev–Trinajstić information content (AvgIpc) is 2.68. The molecule has 0 radical (unpaired) electrons. The highest BCUT2D eigenvalue weighted by molar-refractivity contribution is 5.68. The monoisotopic (exact) mass is 438 g/mol. The van der Waals surface area contributed by atoms with Crippen molar-refractivity contribution in [1.29, 1.82) is 0 Å². The summed E-state index contributed by atoms with van der Waals surface area (Å²) in [6, 6.07) is 6.76. The molecule has 1 aromatic carbocycles. The minimum atomic E-state index is -1.20. The van der Waals surface area contributed by atoms with E-state index in [9.17, 15) is 19.2 Å². The molecular weight excluding hydrogens is 412 g/mol. The summed E-state index contributed by atoms with van der Waals surface area (Å²) >= 11 is 0. The lowest BCUT2D eigenvalue weighted by Crippen LogP contribution is -2.59. The first-order chi connectivity index (χ1) is 14.6. The molecule has 0 N–H and O–H groups in total. The predicted molar refractivity (Wildman–Crippen MR) is 104 cm³/mol. The van der Waals surface area contributed by atoms with Crippen molar-refractivity contribution in [2.45, 2.75) is 58.2 Å². The van der Waals surface area contributed by atoms with E-state index in [1.807, 2.05) is 0 Å². The summed E-state index contributed by atoms with van der Waals surface area (Å²) in [6.45, 7) is 4.49. The molecule has 0 unspecified atom stereocenters. The Morgan fingerprint density at radius 1 is 0.774 bits per heavy atom. The van der Waals surface area contributed by atoms with Gasteiger partial charge in [-0.05, 0) is 17.7 Å². The van der Waals surface area contributed by atoms with Gasteiger partial charge in [0, 0.05) is 27.7 Å². The molecule has 0 spiro atoms. The van der Waals surface area contributed by atoms with Gasteiger partial charge in [-0.15, -0.1) is 0 Å². The smallest absolute Gasteiger partial charge is 0.303 e. The Hall–Kier alpha value is -3.14. The molecule has 0 aliphatic carbocycles. The lowest BCUT2D eigenvalue weighted by atomic mass is 9.90. The quantitative estimate of drug-likeness (QED) is 0.457. The van der Waals surface area contributed by atoms with E-state index in [1.54, 1.807) is 24.3 Å². The fraction of sp³-hybridized carbons (Fsp3) is 0.524. The lowest BCUT2D eigenvalue weighted by molar-refractivity contribution is -0.254. The lowest BCUT2D eigenvalue weighted by Gasteiger charge is -2.44. The van der Waals surface area contributed by atoms with Crippen molar-refractivity contribution in [2.75, 3.05) is 13.7 Å². The van der Waals surface area contributed by atoms with Gasteiger partial charge in [-0.25, -0.2) is 0 Å². The summed E-state index contributed by atoms with van der Waals surface area (Å²) < 4.78 is 32.5. The average molecular weight is 438 g/mol. The molecule has 5 atom stereocenters. The van der Waals surface area contributed by atoms with Crippen LogP contribution in [0.2, 0.25) is 0 Å². The van der Waals surface area contributed by atoms with Crippen LogP contribution in [0, 0.1) is 0 Å². The highest BCUT2D eigenvalue weighted by Gasteiger charge is 2.52. The molecule has 2 rings (SSSR count). The van der Waals surface area contributed by atoms with Gasteiger partial charge in [-0.3, -0.25) is 19.2 Å². The van der Waals surface area contributed by atoms with Crippen LogP contribution in [0.4, 0.5) is 0 Å². The molecule has 0 bridgehead atoms. The van der Waals surface area contributed by atoms with Gasteiger partial charge < -0.3 is 28.4 Å². The zero-order valence-corrected chi connectivity index (χ0v) is 18.0. The van der Waals surface area contributed by atoms with Crippen molar-refractivity contribution < 1.29 is 47.6 Å². The van der Waals surface area contributed by atoms with Crippen LogP contribution in [-0.2, 0) is 42.9 Å². The Bertz CT molecular complexity index is 803. The van der Waals surface area contributed by atoms with Crippen LogP contribution in [0.15, 0.2) is 24.3 Å². The molecule has 1 fully saturated rings. The number of benzene rings is 1. The van der Waals surface area contributed by atoms with Crippen LogP contribution in [0.25, 0.3) is 0 Å². The Balaban J connectivity index is 2.51. The van der Waals surface area contributed by atoms with Crippen LogP contribution in [0.3, 0.4) is 0 Å². The van der Waals surface area contributed by atoms with Crippen LogP contribution < -0.4 is 4.74 Å². The molecule has 31 heavy (non-hydrogen) atoms. The summed E-state index contributed by atoms with van der Waals surface area (Å²) in [5.41, 5.74) is 0.582. The standard InChI is InChI=1S/C21H26O10/c1-11(22)27-10-17-19(28-12(2)23)21(30-14(4)25)20(29-13(3)24)18(31-17)15-6-8-16(26-5)9-7-15/h6-9,17-21H,10H2,1-5H3/t17-,18+,19+,20+,21+/m1/s1. The second-order valence-electron chi connectivity index (χ2n) is 6.89. The molecular formula is C21H26O10. The number of methoxy groups -OCH3 is 1. The number of ether oxygens (including phenoxy) is 6. The summed E-state index contributed by atoms with van der Waals surface area (Å²) in [5, 5.41) is 0. The van der Waals surface area contributed by atoms with Crippen molar-refractivity contribution in [3.05, 3.63) is 29.8 Å². The molecule has 0 saturated carbocycles. The topological polar surface area (TPSA) is 124 Å². The fourth-order valence-corrected chi connectivity index (χ4v) is 3.29. The third kappa shape index (κ3) is 6.68. The molecule has 1 saturated heterocycles. The largest absolute Gasteiger partial charge is 0.497 e. The summed E-state index contributed by atoms with van der Waals surface area (Å²) in [7, 11) is 1.52. The third-order valence-corrected chi connectivity index (χ3v) is 4.44. The van der Waals surface area contributed by atoms with Crippen LogP contribution >= 0.6 is 0 Å². The van der Waals surface area contributed by atoms with Crippen molar-refractivity contribution in [2.24, 2.45) is 0 Å². The van der Waals surface area contributed by atoms with E-state index < -0.39 is 54.4 Å². The number of carbonyl (C=O) groups excluding carboxylic acids is 4. The van der Waals surface area contributed by atoms with Crippen molar-refractivity contribution >= 4 is 23.9 Å². The Morgan fingerprint density at radius 2 is 1.29 bits per heavy atom. The number of rotatable bonds is 7. The van der Waals surface area contributed by atoms with Gasteiger partial charge in [-0.1, -0.05) is 12.1 Å². The second kappa shape index (κ2) is 10.8. The minimum Gasteiger partial charge on any atom is -0.497 e. The first-order valence-corrected chi connectivity index (χ1v) is 9.56. The Morgan fingerprint density at radius 3 is 1.77 bits per heavy atom. The molecule has 1 heterocycles. The zero-order valence-electron chi connectivity index (χ0n) is 18.0. The van der Waals surface area contributed by atoms with Crippen LogP contribution in [0.5, 0.6) is 5.75 Å². The summed E-state index contributed by atoms with van der Waals surface area (Å²) in [5.74, 6) is -1.99. The highest BCUT2D eigenvalue weighted by Crippen LogP contribution is 2.38. The van der Waals surface area contributed by atoms with Crippen LogP contribution in [0.1, 0.15) is 39.4 Å². The fourth-order valence-electron chi connectivity index (χ4n) is 3.29. The van der Waals surface area contributed by atoms with Crippen molar-refractivity contribution in [1.82, 2.24) is 0 Å². The van der Waals surface area contributed by atoms with E-state index in [2.05, 4.69) is 0 Å². The highest BCUT2D eigenvalue weighted by atomic mass is 16.7. The summed E-state index contributed by atoms with van der Waals surface area (Å²) in [6.07, 6.45) is -5.42. The predicted octanol–water partition coefficient (Wildman–Crippen LogP) is 1.49. The molecule has 1 aliphatic rings. The van der Waals surface area contributed by atoms with Gasteiger partial charge in [0.1, 0.15) is 24.6 Å². The van der Waals surface area contributed by atoms with E-state index >= 15 is 0 Å². The Labute approximate surface area is 179 Å². The SMILES string of the molecule is COc1ccc([C@@H]2O[C@H](COC(C)=O)[C@H](OC(C)=O)[C@H](OC(C)=O)[C@H]2OC(C)=O)cc1. The number of hydrogen-bond acceptors (Lipinski definition) is 10. The molecule has 10 nitrogen and oxygen atoms in total. The number of esters is 4. The van der Waals surface area contributed by atoms with E-state index in [0.29, 0.717) is 11.3 Å². The molecule has 170 valence electrons. The maximum atomic E-state index is 11.8. The van der Waals surface area contributed by atoms with Gasteiger partial charge in [0.25, 0.3) is 0 Å². The van der Waals surface area contributed by atoms with Crippen molar-refractivity contribution in [3.63, 3.8) is 0 Å². The van der Waals surface area contributed by atoms with E-state index in [-0.39, 0.29) is 6.61 Å². The van der Waals surface area contributed by atoms with Crippen LogP contribution in [-0.4, -0.2) is 62.0 Å². The third-order valence-electron chi connectivity index (χ3n) is 4.44.